The van der Waals surface area contributed by atoms with E-state index in [1.54, 1.807) is 0 Å². The Morgan fingerprint density at radius 2 is 2.17 bits per heavy atom. The highest BCUT2D eigenvalue weighted by Gasteiger charge is 2.53. The molecule has 3 aliphatic rings. The van der Waals surface area contributed by atoms with Crippen molar-refractivity contribution >= 4 is 0 Å². The quantitative estimate of drug-likeness (QED) is 0.612. The molecule has 12 heavy (non-hydrogen) atoms. The lowest BCUT2D eigenvalue weighted by Gasteiger charge is -2.59. The lowest BCUT2D eigenvalue weighted by molar-refractivity contribution is -0.102. The molecule has 0 heterocycles. The summed E-state index contributed by atoms with van der Waals surface area (Å²) >= 11 is 0. The highest BCUT2D eigenvalue weighted by atomic mass is 15.0. The molecule has 0 amide bonds. The minimum absolute atomic E-state index is 0.563. The van der Waals surface area contributed by atoms with Gasteiger partial charge in [0.15, 0.2) is 0 Å². The van der Waals surface area contributed by atoms with Crippen molar-refractivity contribution in [2.45, 2.75) is 33.1 Å². The van der Waals surface area contributed by atoms with Crippen molar-refractivity contribution in [2.24, 2.45) is 28.3 Å². The number of fused-ring (bicyclic) bond motifs is 2. The van der Waals surface area contributed by atoms with Crippen LogP contribution >= 0.6 is 0 Å². The molecule has 0 saturated heterocycles. The van der Waals surface area contributed by atoms with Crippen molar-refractivity contribution in [1.82, 2.24) is 0 Å². The van der Waals surface area contributed by atoms with E-state index in [0.717, 1.165) is 24.3 Å². The van der Waals surface area contributed by atoms with E-state index in [2.05, 4.69) is 19.0 Å². The summed E-state index contributed by atoms with van der Waals surface area (Å²) in [5, 5.41) is 3.55. The van der Waals surface area contributed by atoms with Gasteiger partial charge in [0.05, 0.1) is 6.54 Å². The van der Waals surface area contributed by atoms with Gasteiger partial charge in [-0.05, 0) is 42.4 Å². The SMILES string of the molecule is CC1(C)C2CCC(CN=N)C1C2. The first-order valence-corrected chi connectivity index (χ1v) is 4.99. The number of nitrogens with zero attached hydrogens (tertiary/aromatic N) is 1. The molecule has 3 rings (SSSR count). The van der Waals surface area contributed by atoms with Gasteiger partial charge in [0, 0.05) is 0 Å². The van der Waals surface area contributed by atoms with E-state index in [1.165, 1.54) is 19.3 Å². The molecule has 0 spiro atoms. The van der Waals surface area contributed by atoms with E-state index in [1.807, 2.05) is 0 Å². The number of hydrogen-bond donors (Lipinski definition) is 1. The van der Waals surface area contributed by atoms with Gasteiger partial charge in [-0.1, -0.05) is 13.8 Å². The van der Waals surface area contributed by atoms with Crippen molar-refractivity contribution in [3.05, 3.63) is 0 Å². The average Bonchev–Trinajstić information content (AvgIpc) is 2.05. The van der Waals surface area contributed by atoms with Crippen LogP contribution in [0, 0.1) is 28.7 Å². The third-order valence-electron chi connectivity index (χ3n) is 4.33. The zero-order chi connectivity index (χ0) is 8.77. The van der Waals surface area contributed by atoms with Gasteiger partial charge in [-0.25, -0.2) is 5.53 Å². The molecule has 3 aliphatic carbocycles. The molecule has 68 valence electrons. The van der Waals surface area contributed by atoms with Crippen LogP contribution in [0.5, 0.6) is 0 Å². The predicted octanol–water partition coefficient (Wildman–Crippen LogP) is 3.09. The first kappa shape index (κ1) is 8.21. The Labute approximate surface area is 74.2 Å². The lowest BCUT2D eigenvalue weighted by atomic mass is 9.45. The molecule has 3 atom stereocenters. The second kappa shape index (κ2) is 2.54. The zero-order valence-electron chi connectivity index (χ0n) is 8.01. The van der Waals surface area contributed by atoms with E-state index < -0.39 is 0 Å². The fourth-order valence-electron chi connectivity index (χ4n) is 3.30. The van der Waals surface area contributed by atoms with E-state index >= 15 is 0 Å². The molecule has 2 nitrogen and oxygen atoms in total. The molecular formula is C10H18N2. The van der Waals surface area contributed by atoms with Crippen LogP contribution in [0.3, 0.4) is 0 Å². The first-order valence-electron chi connectivity index (χ1n) is 4.99. The van der Waals surface area contributed by atoms with Crippen LogP contribution in [-0.4, -0.2) is 6.54 Å². The zero-order valence-corrected chi connectivity index (χ0v) is 8.01. The number of hydrogen-bond acceptors (Lipinski definition) is 2. The number of rotatable bonds is 2. The lowest BCUT2D eigenvalue weighted by Crippen LogP contribution is -2.52. The molecular weight excluding hydrogens is 148 g/mol. The highest BCUT2D eigenvalue weighted by molar-refractivity contribution is 5.03. The second-order valence-corrected chi connectivity index (χ2v) is 5.04. The number of nitrogens with one attached hydrogen (secondary N) is 1. The van der Waals surface area contributed by atoms with E-state index in [9.17, 15) is 0 Å². The summed E-state index contributed by atoms with van der Waals surface area (Å²) in [4.78, 5) is 0. The topological polar surface area (TPSA) is 36.2 Å². The Bertz CT molecular complexity index is 196. The molecule has 0 aromatic rings. The molecule has 0 radical (unpaired) electrons. The first-order chi connectivity index (χ1) is 5.66. The smallest absolute Gasteiger partial charge is 0.0627 e. The minimum atomic E-state index is 0.563. The highest BCUT2D eigenvalue weighted by Crippen LogP contribution is 2.61. The molecule has 0 aromatic heterocycles. The summed E-state index contributed by atoms with van der Waals surface area (Å²) in [6, 6.07) is 0. The molecule has 2 bridgehead atoms. The molecule has 0 aromatic carbocycles. The second-order valence-electron chi connectivity index (χ2n) is 5.04. The average molecular weight is 166 g/mol. The fraction of sp³-hybridized carbons (Fsp3) is 1.00. The van der Waals surface area contributed by atoms with Gasteiger partial charge in [-0.2, -0.15) is 5.11 Å². The maximum atomic E-state index is 6.90. The van der Waals surface area contributed by atoms with Gasteiger partial charge in [0.2, 0.25) is 0 Å². The Morgan fingerprint density at radius 3 is 2.67 bits per heavy atom. The van der Waals surface area contributed by atoms with Crippen LogP contribution in [0.15, 0.2) is 5.11 Å². The Morgan fingerprint density at radius 1 is 1.42 bits per heavy atom. The minimum Gasteiger partial charge on any atom is -0.210 e. The van der Waals surface area contributed by atoms with Gasteiger partial charge in [0.1, 0.15) is 0 Å². The van der Waals surface area contributed by atoms with Crippen molar-refractivity contribution < 1.29 is 0 Å². The van der Waals surface area contributed by atoms with Gasteiger partial charge < -0.3 is 0 Å². The summed E-state index contributed by atoms with van der Waals surface area (Å²) in [5.74, 6) is 2.57. The molecule has 3 saturated carbocycles. The van der Waals surface area contributed by atoms with Crippen molar-refractivity contribution in [1.29, 1.82) is 5.53 Å². The van der Waals surface area contributed by atoms with Gasteiger partial charge in [0.25, 0.3) is 0 Å². The van der Waals surface area contributed by atoms with Crippen LogP contribution in [0.2, 0.25) is 0 Å². The largest absolute Gasteiger partial charge is 0.210 e. The van der Waals surface area contributed by atoms with Crippen molar-refractivity contribution in [3.8, 4) is 0 Å². The van der Waals surface area contributed by atoms with Crippen LogP contribution < -0.4 is 0 Å². The fourth-order valence-corrected chi connectivity index (χ4v) is 3.30. The summed E-state index contributed by atoms with van der Waals surface area (Å²) < 4.78 is 0. The molecule has 2 heteroatoms. The van der Waals surface area contributed by atoms with Gasteiger partial charge in [-0.15, -0.1) is 0 Å². The standard InChI is InChI=1S/C10H18N2/c1-10(2)8-4-3-7(6-12-11)9(10)5-8/h7-9,11H,3-6H2,1-2H3. The Hall–Kier alpha value is -0.400. The van der Waals surface area contributed by atoms with E-state index in [0.29, 0.717) is 5.41 Å². The van der Waals surface area contributed by atoms with Crippen LogP contribution in [-0.2, 0) is 0 Å². The van der Waals surface area contributed by atoms with Crippen LogP contribution in [0.25, 0.3) is 0 Å². The third-order valence-corrected chi connectivity index (χ3v) is 4.33. The van der Waals surface area contributed by atoms with Gasteiger partial charge >= 0.3 is 0 Å². The maximum absolute atomic E-state index is 6.90. The summed E-state index contributed by atoms with van der Waals surface area (Å²) in [6.45, 7) is 5.56. The summed E-state index contributed by atoms with van der Waals surface area (Å²) in [6.07, 6.45) is 4.11. The van der Waals surface area contributed by atoms with Crippen LogP contribution in [0.1, 0.15) is 33.1 Å². The third kappa shape index (κ3) is 0.932. The Balaban J connectivity index is 2.05. The van der Waals surface area contributed by atoms with E-state index in [4.69, 9.17) is 5.53 Å². The molecule has 0 aliphatic heterocycles. The van der Waals surface area contributed by atoms with E-state index in [-0.39, 0.29) is 0 Å². The van der Waals surface area contributed by atoms with Crippen molar-refractivity contribution in [2.75, 3.05) is 6.54 Å². The molecule has 1 N–H and O–H groups in total. The van der Waals surface area contributed by atoms with Crippen LogP contribution in [0.4, 0.5) is 0 Å². The molecule has 3 unspecified atom stereocenters. The molecule has 3 fully saturated rings. The summed E-state index contributed by atoms with van der Waals surface area (Å²) in [7, 11) is 0. The van der Waals surface area contributed by atoms with Gasteiger partial charge in [-0.3, -0.25) is 0 Å². The maximum Gasteiger partial charge on any atom is 0.0627 e. The Kier molecular flexibility index (Phi) is 1.74. The van der Waals surface area contributed by atoms with Crippen molar-refractivity contribution in [3.63, 3.8) is 0 Å². The normalized spacial score (nSPS) is 43.3. The predicted molar refractivity (Wildman–Crippen MR) is 48.1 cm³/mol. The summed E-state index contributed by atoms with van der Waals surface area (Å²) in [5.41, 5.74) is 7.46. The monoisotopic (exact) mass is 166 g/mol.